The first-order valence-electron chi connectivity index (χ1n) is 5.03. The Morgan fingerprint density at radius 1 is 1.65 bits per heavy atom. The zero-order valence-electron chi connectivity index (χ0n) is 9.14. The second kappa shape index (κ2) is 7.09. The molecule has 0 radical (unpaired) electrons. The molecular weight excluding hydrogens is 222 g/mol. The number of nitrogens with one attached hydrogen (secondary N) is 2. The molecule has 6 nitrogen and oxygen atoms in total. The van der Waals surface area contributed by atoms with E-state index in [1.165, 1.54) is 12.5 Å². The van der Waals surface area contributed by atoms with Gasteiger partial charge in [-0.05, 0) is 12.1 Å². The minimum Gasteiger partial charge on any atom is -0.467 e. The minimum absolute atomic E-state index is 0.0509. The van der Waals surface area contributed by atoms with Crippen LogP contribution in [0.25, 0.3) is 0 Å². The second-order valence-electron chi connectivity index (χ2n) is 3.11. The molecule has 0 aliphatic heterocycles. The third-order valence-electron chi connectivity index (χ3n) is 1.87. The van der Waals surface area contributed by atoms with Crippen LogP contribution in [0.1, 0.15) is 5.76 Å². The standard InChI is InChI=1S/C11H13N3O3/c12-6-9(7-13-3-4-15)11(16)14-8-10-2-1-5-17-10/h1-2,5,7,13,15H,3-4,8H2,(H,14,16)/b9-7-. The Bertz CT molecular complexity index is 418. The maximum Gasteiger partial charge on any atom is 0.263 e. The van der Waals surface area contributed by atoms with E-state index in [0.717, 1.165) is 0 Å². The first kappa shape index (κ1) is 12.8. The largest absolute Gasteiger partial charge is 0.467 e. The predicted octanol–water partition coefficient (Wildman–Crippen LogP) is -0.115. The number of aliphatic hydroxyl groups is 1. The lowest BCUT2D eigenvalue weighted by Gasteiger charge is -2.02. The van der Waals surface area contributed by atoms with Crippen molar-refractivity contribution >= 4 is 5.91 Å². The minimum atomic E-state index is -0.491. The van der Waals surface area contributed by atoms with Crippen LogP contribution in [0.5, 0.6) is 0 Å². The van der Waals surface area contributed by atoms with Crippen molar-refractivity contribution in [2.75, 3.05) is 13.2 Å². The van der Waals surface area contributed by atoms with Gasteiger partial charge in [-0.3, -0.25) is 4.79 Å². The highest BCUT2D eigenvalue weighted by molar-refractivity contribution is 5.96. The molecule has 0 bridgehead atoms. The van der Waals surface area contributed by atoms with Gasteiger partial charge < -0.3 is 20.2 Å². The summed E-state index contributed by atoms with van der Waals surface area (Å²) in [5.74, 6) is 0.119. The molecule has 0 fully saturated rings. The topological polar surface area (TPSA) is 98.3 Å². The van der Waals surface area contributed by atoms with Crippen molar-refractivity contribution in [2.24, 2.45) is 0 Å². The molecule has 0 aromatic carbocycles. The van der Waals surface area contributed by atoms with E-state index < -0.39 is 5.91 Å². The van der Waals surface area contributed by atoms with Gasteiger partial charge in [0.1, 0.15) is 17.4 Å². The molecule has 90 valence electrons. The van der Waals surface area contributed by atoms with E-state index in [-0.39, 0.29) is 25.3 Å². The average Bonchev–Trinajstić information content (AvgIpc) is 2.85. The van der Waals surface area contributed by atoms with Crippen molar-refractivity contribution < 1.29 is 14.3 Å². The van der Waals surface area contributed by atoms with E-state index in [2.05, 4.69) is 10.6 Å². The number of carbonyl (C=O) groups is 1. The zero-order valence-corrected chi connectivity index (χ0v) is 9.14. The molecule has 0 aliphatic carbocycles. The van der Waals surface area contributed by atoms with Crippen LogP contribution in [0.3, 0.4) is 0 Å². The van der Waals surface area contributed by atoms with Crippen molar-refractivity contribution in [1.82, 2.24) is 10.6 Å². The Labute approximate surface area is 98.5 Å². The van der Waals surface area contributed by atoms with Crippen molar-refractivity contribution in [2.45, 2.75) is 6.54 Å². The lowest BCUT2D eigenvalue weighted by Crippen LogP contribution is -2.25. The van der Waals surface area contributed by atoms with Crippen LogP contribution in [0.4, 0.5) is 0 Å². The summed E-state index contributed by atoms with van der Waals surface area (Å²) >= 11 is 0. The van der Waals surface area contributed by atoms with E-state index in [1.807, 2.05) is 0 Å². The van der Waals surface area contributed by atoms with Crippen molar-refractivity contribution in [3.8, 4) is 6.07 Å². The summed E-state index contributed by atoms with van der Waals surface area (Å²) < 4.78 is 5.03. The van der Waals surface area contributed by atoms with Crippen molar-refractivity contribution in [3.05, 3.63) is 35.9 Å². The molecule has 6 heteroatoms. The molecule has 0 saturated heterocycles. The number of furan rings is 1. The highest BCUT2D eigenvalue weighted by Gasteiger charge is 2.08. The normalized spacial score (nSPS) is 10.7. The monoisotopic (exact) mass is 235 g/mol. The molecule has 1 aromatic heterocycles. The molecule has 1 amide bonds. The van der Waals surface area contributed by atoms with E-state index in [1.54, 1.807) is 18.2 Å². The lowest BCUT2D eigenvalue weighted by atomic mass is 10.3. The molecular formula is C11H13N3O3. The molecule has 0 unspecified atom stereocenters. The SMILES string of the molecule is N#C/C(=C/NCCO)C(=O)NCc1ccco1. The smallest absolute Gasteiger partial charge is 0.263 e. The first-order valence-corrected chi connectivity index (χ1v) is 5.03. The maximum absolute atomic E-state index is 11.5. The summed E-state index contributed by atoms with van der Waals surface area (Å²) in [5.41, 5.74) is -0.0509. The summed E-state index contributed by atoms with van der Waals surface area (Å²) in [6, 6.07) is 5.20. The molecule has 1 rings (SSSR count). The number of aliphatic hydroxyl groups excluding tert-OH is 1. The molecule has 3 N–H and O–H groups in total. The number of rotatable bonds is 6. The third-order valence-corrected chi connectivity index (χ3v) is 1.87. The fourth-order valence-electron chi connectivity index (χ4n) is 1.06. The number of amides is 1. The van der Waals surface area contributed by atoms with Crippen LogP contribution in [0.2, 0.25) is 0 Å². The van der Waals surface area contributed by atoms with Gasteiger partial charge in [-0.2, -0.15) is 5.26 Å². The Hall–Kier alpha value is -2.26. The fraction of sp³-hybridized carbons (Fsp3) is 0.273. The van der Waals surface area contributed by atoms with Gasteiger partial charge in [0.25, 0.3) is 5.91 Å². The molecule has 0 atom stereocenters. The summed E-state index contributed by atoms with van der Waals surface area (Å²) in [4.78, 5) is 11.5. The molecule has 0 spiro atoms. The van der Waals surface area contributed by atoms with Gasteiger partial charge in [0.15, 0.2) is 0 Å². The van der Waals surface area contributed by atoms with E-state index in [0.29, 0.717) is 5.76 Å². The summed E-state index contributed by atoms with van der Waals surface area (Å²) in [6.07, 6.45) is 2.78. The Morgan fingerprint density at radius 3 is 3.06 bits per heavy atom. The Balaban J connectivity index is 2.44. The van der Waals surface area contributed by atoms with Crippen LogP contribution >= 0.6 is 0 Å². The Morgan fingerprint density at radius 2 is 2.47 bits per heavy atom. The van der Waals surface area contributed by atoms with Gasteiger partial charge in [-0.25, -0.2) is 0 Å². The second-order valence-corrected chi connectivity index (χ2v) is 3.11. The van der Waals surface area contributed by atoms with Crippen LogP contribution in [-0.2, 0) is 11.3 Å². The average molecular weight is 235 g/mol. The molecule has 1 heterocycles. The summed E-state index contributed by atoms with van der Waals surface area (Å²) in [5, 5.41) is 22.5. The quantitative estimate of drug-likeness (QED) is 0.363. The maximum atomic E-state index is 11.5. The predicted molar refractivity (Wildman–Crippen MR) is 59.3 cm³/mol. The molecule has 1 aromatic rings. The van der Waals surface area contributed by atoms with Gasteiger partial charge in [-0.1, -0.05) is 0 Å². The van der Waals surface area contributed by atoms with Crippen molar-refractivity contribution in [3.63, 3.8) is 0 Å². The van der Waals surface area contributed by atoms with E-state index in [9.17, 15) is 4.79 Å². The van der Waals surface area contributed by atoms with Crippen LogP contribution in [0.15, 0.2) is 34.6 Å². The van der Waals surface area contributed by atoms with Crippen LogP contribution in [0, 0.1) is 11.3 Å². The van der Waals surface area contributed by atoms with Gasteiger partial charge in [0.2, 0.25) is 0 Å². The first-order chi connectivity index (χ1) is 8.27. The van der Waals surface area contributed by atoms with Gasteiger partial charge >= 0.3 is 0 Å². The van der Waals surface area contributed by atoms with Crippen LogP contribution < -0.4 is 10.6 Å². The highest BCUT2D eigenvalue weighted by atomic mass is 16.3. The molecule has 0 saturated carbocycles. The number of nitriles is 1. The van der Waals surface area contributed by atoms with Gasteiger partial charge in [-0.15, -0.1) is 0 Å². The summed E-state index contributed by atoms with van der Waals surface area (Å²) in [7, 11) is 0. The Kier molecular flexibility index (Phi) is 5.34. The fourth-order valence-corrected chi connectivity index (χ4v) is 1.06. The number of hydrogen-bond donors (Lipinski definition) is 3. The van der Waals surface area contributed by atoms with E-state index in [4.69, 9.17) is 14.8 Å². The van der Waals surface area contributed by atoms with E-state index >= 15 is 0 Å². The summed E-state index contributed by atoms with van der Waals surface area (Å²) in [6.45, 7) is 0.449. The van der Waals surface area contributed by atoms with Gasteiger partial charge in [0.05, 0.1) is 19.4 Å². The molecule has 17 heavy (non-hydrogen) atoms. The highest BCUT2D eigenvalue weighted by Crippen LogP contribution is 1.99. The van der Waals surface area contributed by atoms with Crippen LogP contribution in [-0.4, -0.2) is 24.2 Å². The molecule has 0 aliphatic rings. The number of hydrogen-bond acceptors (Lipinski definition) is 5. The zero-order chi connectivity index (χ0) is 12.5. The lowest BCUT2D eigenvalue weighted by molar-refractivity contribution is -0.117. The number of carbonyl (C=O) groups excluding carboxylic acids is 1. The number of nitrogens with zero attached hydrogens (tertiary/aromatic N) is 1. The van der Waals surface area contributed by atoms with Gasteiger partial charge in [0, 0.05) is 12.7 Å². The van der Waals surface area contributed by atoms with Crippen molar-refractivity contribution in [1.29, 1.82) is 5.26 Å². The third kappa shape index (κ3) is 4.40.